The Hall–Kier alpha value is -1.36. The van der Waals surface area contributed by atoms with Crippen molar-refractivity contribution in [3.05, 3.63) is 51.9 Å². The number of aliphatic hydroxyl groups excluding tert-OH is 1. The summed E-state index contributed by atoms with van der Waals surface area (Å²) in [5, 5.41) is 9.37. The first-order valence-electron chi connectivity index (χ1n) is 4.99. The zero-order chi connectivity index (χ0) is 13.1. The van der Waals surface area contributed by atoms with Crippen molar-refractivity contribution in [3.8, 4) is 11.6 Å². The number of hydrogen-bond acceptors (Lipinski definition) is 3. The van der Waals surface area contributed by atoms with Crippen molar-refractivity contribution in [1.82, 2.24) is 4.98 Å². The summed E-state index contributed by atoms with van der Waals surface area (Å²) < 4.78 is 18.5. The molecule has 0 saturated carbocycles. The third-order valence-electron chi connectivity index (χ3n) is 2.16. The van der Waals surface area contributed by atoms with Crippen LogP contribution in [0.1, 0.15) is 5.69 Å². The van der Waals surface area contributed by atoms with Crippen LogP contribution in [0, 0.1) is 5.82 Å². The molecule has 0 spiro atoms. The van der Waals surface area contributed by atoms with Crippen molar-refractivity contribution in [2.75, 3.05) is 0 Å². The molecular formula is C12H8Cl2FNO2. The van der Waals surface area contributed by atoms with Crippen LogP contribution in [0.5, 0.6) is 11.6 Å². The van der Waals surface area contributed by atoms with Gasteiger partial charge < -0.3 is 9.84 Å². The van der Waals surface area contributed by atoms with Gasteiger partial charge in [0.1, 0.15) is 11.6 Å². The van der Waals surface area contributed by atoms with Crippen LogP contribution in [0.3, 0.4) is 0 Å². The van der Waals surface area contributed by atoms with Crippen molar-refractivity contribution in [2.24, 2.45) is 0 Å². The van der Waals surface area contributed by atoms with Gasteiger partial charge in [0.15, 0.2) is 0 Å². The normalized spacial score (nSPS) is 10.4. The Bertz CT molecular complexity index is 578. The van der Waals surface area contributed by atoms with E-state index in [1.165, 1.54) is 18.2 Å². The number of aliphatic hydroxyl groups is 1. The first-order valence-corrected chi connectivity index (χ1v) is 5.75. The molecule has 94 valence electrons. The topological polar surface area (TPSA) is 42.4 Å². The largest absolute Gasteiger partial charge is 0.439 e. The highest BCUT2D eigenvalue weighted by molar-refractivity contribution is 6.31. The number of ether oxygens (including phenoxy) is 1. The van der Waals surface area contributed by atoms with Gasteiger partial charge in [-0.3, -0.25) is 0 Å². The van der Waals surface area contributed by atoms with E-state index in [4.69, 9.17) is 33.0 Å². The second-order valence-corrected chi connectivity index (χ2v) is 4.23. The molecule has 6 heteroatoms. The van der Waals surface area contributed by atoms with E-state index >= 15 is 0 Å². The van der Waals surface area contributed by atoms with Gasteiger partial charge in [-0.2, -0.15) is 0 Å². The van der Waals surface area contributed by atoms with E-state index in [9.17, 15) is 4.39 Å². The van der Waals surface area contributed by atoms with E-state index < -0.39 is 5.82 Å². The predicted octanol–water partition coefficient (Wildman–Crippen LogP) is 3.81. The molecule has 1 N–H and O–H groups in total. The van der Waals surface area contributed by atoms with Gasteiger partial charge in [0.2, 0.25) is 5.88 Å². The van der Waals surface area contributed by atoms with E-state index in [-0.39, 0.29) is 23.3 Å². The number of aromatic nitrogens is 1. The van der Waals surface area contributed by atoms with Crippen LogP contribution in [0.25, 0.3) is 0 Å². The lowest BCUT2D eigenvalue weighted by Gasteiger charge is -2.07. The van der Waals surface area contributed by atoms with Crippen molar-refractivity contribution in [3.63, 3.8) is 0 Å². The van der Waals surface area contributed by atoms with E-state index in [0.29, 0.717) is 10.7 Å². The Kier molecular flexibility index (Phi) is 4.01. The van der Waals surface area contributed by atoms with E-state index in [1.54, 1.807) is 6.07 Å². The summed E-state index contributed by atoms with van der Waals surface area (Å²) in [5.74, 6) is -0.105. The van der Waals surface area contributed by atoms with Crippen LogP contribution in [0.15, 0.2) is 30.3 Å². The van der Waals surface area contributed by atoms with Crippen LogP contribution in [-0.2, 0) is 6.61 Å². The summed E-state index contributed by atoms with van der Waals surface area (Å²) in [6, 6.07) is 7.11. The second-order valence-electron chi connectivity index (χ2n) is 3.41. The Labute approximate surface area is 113 Å². The molecule has 0 aliphatic heterocycles. The molecule has 0 aliphatic rings. The third-order valence-corrected chi connectivity index (χ3v) is 2.81. The predicted molar refractivity (Wildman–Crippen MR) is 66.7 cm³/mol. The minimum Gasteiger partial charge on any atom is -0.439 e. The van der Waals surface area contributed by atoms with Crippen LogP contribution >= 0.6 is 23.2 Å². The van der Waals surface area contributed by atoms with Gasteiger partial charge in [0.05, 0.1) is 22.3 Å². The molecule has 0 fully saturated rings. The molecule has 0 unspecified atom stereocenters. The molecule has 18 heavy (non-hydrogen) atoms. The Balaban J connectivity index is 2.25. The Morgan fingerprint density at radius 1 is 1.17 bits per heavy atom. The molecule has 0 aliphatic carbocycles. The summed E-state index contributed by atoms with van der Waals surface area (Å²) in [7, 11) is 0. The SMILES string of the molecule is OCc1nc(Oc2ccc(Cl)c(F)c2)ccc1Cl. The van der Waals surface area contributed by atoms with Gasteiger partial charge in [-0.25, -0.2) is 9.37 Å². The highest BCUT2D eigenvalue weighted by Crippen LogP contribution is 2.26. The number of pyridine rings is 1. The summed E-state index contributed by atoms with van der Waals surface area (Å²) >= 11 is 11.3. The molecule has 2 aromatic rings. The fourth-order valence-corrected chi connectivity index (χ4v) is 1.58. The molecule has 0 bridgehead atoms. The lowest BCUT2D eigenvalue weighted by atomic mass is 10.3. The maximum Gasteiger partial charge on any atom is 0.219 e. The summed E-state index contributed by atoms with van der Waals surface area (Å²) in [4.78, 5) is 3.98. The number of hydrogen-bond donors (Lipinski definition) is 1. The maximum atomic E-state index is 13.2. The molecule has 1 aromatic carbocycles. The zero-order valence-corrected chi connectivity index (χ0v) is 10.5. The molecule has 0 radical (unpaired) electrons. The smallest absolute Gasteiger partial charge is 0.219 e. The molecule has 3 nitrogen and oxygen atoms in total. The van der Waals surface area contributed by atoms with Gasteiger partial charge in [-0.05, 0) is 18.2 Å². The molecule has 0 amide bonds. The van der Waals surface area contributed by atoms with Crippen LogP contribution < -0.4 is 4.74 Å². The maximum absolute atomic E-state index is 13.2. The monoisotopic (exact) mass is 287 g/mol. The van der Waals surface area contributed by atoms with E-state index in [1.807, 2.05) is 0 Å². The average molecular weight is 288 g/mol. The highest BCUT2D eigenvalue weighted by Gasteiger charge is 2.06. The minimum absolute atomic E-state index is 0.0162. The van der Waals surface area contributed by atoms with Gasteiger partial charge >= 0.3 is 0 Å². The number of halogens is 3. The van der Waals surface area contributed by atoms with Crippen molar-refractivity contribution >= 4 is 23.2 Å². The lowest BCUT2D eigenvalue weighted by molar-refractivity contribution is 0.275. The van der Waals surface area contributed by atoms with Gasteiger partial charge in [0, 0.05) is 12.1 Å². The van der Waals surface area contributed by atoms with E-state index in [0.717, 1.165) is 6.07 Å². The van der Waals surface area contributed by atoms with Crippen LogP contribution in [-0.4, -0.2) is 10.1 Å². The Morgan fingerprint density at radius 3 is 2.56 bits per heavy atom. The highest BCUT2D eigenvalue weighted by atomic mass is 35.5. The summed E-state index contributed by atoms with van der Waals surface area (Å²) in [6.45, 7) is -0.301. The Morgan fingerprint density at radius 2 is 1.89 bits per heavy atom. The molecular weight excluding hydrogens is 280 g/mol. The summed E-state index contributed by atoms with van der Waals surface area (Å²) in [6.07, 6.45) is 0. The second kappa shape index (κ2) is 5.52. The fourth-order valence-electron chi connectivity index (χ4n) is 1.29. The third kappa shape index (κ3) is 2.90. The van der Waals surface area contributed by atoms with Crippen LogP contribution in [0.4, 0.5) is 4.39 Å². The number of nitrogens with zero attached hydrogens (tertiary/aromatic N) is 1. The quantitative estimate of drug-likeness (QED) is 0.933. The average Bonchev–Trinajstić information content (AvgIpc) is 2.36. The molecule has 1 aromatic heterocycles. The van der Waals surface area contributed by atoms with Crippen molar-refractivity contribution < 1.29 is 14.2 Å². The molecule has 0 atom stereocenters. The standard InChI is InChI=1S/C12H8Cl2FNO2/c13-8-2-1-7(5-10(8)15)18-12-4-3-9(14)11(6-17)16-12/h1-5,17H,6H2. The van der Waals surface area contributed by atoms with E-state index in [2.05, 4.69) is 4.98 Å². The first-order chi connectivity index (χ1) is 8.60. The van der Waals surface area contributed by atoms with Crippen molar-refractivity contribution in [1.29, 1.82) is 0 Å². The van der Waals surface area contributed by atoms with Gasteiger partial charge in [0.25, 0.3) is 0 Å². The summed E-state index contributed by atoms with van der Waals surface area (Å²) in [5.41, 5.74) is 0.295. The first kappa shape index (κ1) is 13.1. The minimum atomic E-state index is -0.578. The number of rotatable bonds is 3. The van der Waals surface area contributed by atoms with Gasteiger partial charge in [-0.15, -0.1) is 0 Å². The fraction of sp³-hybridized carbons (Fsp3) is 0.0833. The van der Waals surface area contributed by atoms with Crippen LogP contribution in [0.2, 0.25) is 10.0 Å². The zero-order valence-electron chi connectivity index (χ0n) is 9.03. The molecule has 0 saturated heterocycles. The molecule has 2 rings (SSSR count). The van der Waals surface area contributed by atoms with Gasteiger partial charge in [-0.1, -0.05) is 23.2 Å². The van der Waals surface area contributed by atoms with Crippen molar-refractivity contribution in [2.45, 2.75) is 6.61 Å². The lowest BCUT2D eigenvalue weighted by Crippen LogP contribution is -1.94. The number of benzene rings is 1. The molecule has 1 heterocycles.